The topological polar surface area (TPSA) is 54.5 Å². The number of hydrogen-bond donors (Lipinski definition) is 0. The standard InChI is InChI=1S/C16H11NO3/c18-10-13-15(19)12-8-4-5-9-14(12)17(16(13)20)11-6-2-1-3-7-11/h1-10,13H. The molecule has 0 saturated carbocycles. The number of benzene rings is 2. The second-order valence-corrected chi connectivity index (χ2v) is 4.50. The molecular weight excluding hydrogens is 254 g/mol. The molecule has 3 rings (SSSR count). The minimum Gasteiger partial charge on any atom is -0.302 e. The van der Waals surface area contributed by atoms with Gasteiger partial charge in [0.2, 0.25) is 5.91 Å². The highest BCUT2D eigenvalue weighted by atomic mass is 16.2. The second-order valence-electron chi connectivity index (χ2n) is 4.50. The van der Waals surface area contributed by atoms with Gasteiger partial charge >= 0.3 is 0 Å². The fraction of sp³-hybridized carbons (Fsp3) is 0.0625. The van der Waals surface area contributed by atoms with E-state index in [0.717, 1.165) is 0 Å². The van der Waals surface area contributed by atoms with E-state index in [2.05, 4.69) is 0 Å². The lowest BCUT2D eigenvalue weighted by Gasteiger charge is -2.31. The molecule has 0 bridgehead atoms. The average Bonchev–Trinajstić information content (AvgIpc) is 2.49. The average molecular weight is 265 g/mol. The third-order valence-electron chi connectivity index (χ3n) is 3.33. The molecule has 1 aliphatic rings. The number of aldehydes is 1. The molecule has 20 heavy (non-hydrogen) atoms. The van der Waals surface area contributed by atoms with Gasteiger partial charge in [-0.2, -0.15) is 0 Å². The number of hydrogen-bond acceptors (Lipinski definition) is 3. The zero-order valence-electron chi connectivity index (χ0n) is 10.5. The molecule has 0 N–H and O–H groups in total. The lowest BCUT2D eigenvalue weighted by Crippen LogP contribution is -2.42. The Labute approximate surface area is 115 Å². The summed E-state index contributed by atoms with van der Waals surface area (Å²) in [7, 11) is 0. The predicted octanol–water partition coefficient (Wildman–Crippen LogP) is 2.36. The number of ketones is 1. The van der Waals surface area contributed by atoms with Gasteiger partial charge in [-0.3, -0.25) is 14.5 Å². The summed E-state index contributed by atoms with van der Waals surface area (Å²) in [6.45, 7) is 0. The minimum atomic E-state index is -1.26. The molecule has 0 radical (unpaired) electrons. The summed E-state index contributed by atoms with van der Waals surface area (Å²) in [5, 5.41) is 0. The molecule has 0 aliphatic carbocycles. The highest BCUT2D eigenvalue weighted by molar-refractivity contribution is 6.29. The van der Waals surface area contributed by atoms with Gasteiger partial charge in [0.1, 0.15) is 6.29 Å². The summed E-state index contributed by atoms with van der Waals surface area (Å²) < 4.78 is 0. The normalized spacial score (nSPS) is 17.8. The van der Waals surface area contributed by atoms with Gasteiger partial charge in [-0.1, -0.05) is 30.3 Å². The van der Waals surface area contributed by atoms with Crippen LogP contribution in [0.3, 0.4) is 0 Å². The van der Waals surface area contributed by atoms with Crippen LogP contribution in [-0.4, -0.2) is 18.0 Å². The molecule has 0 saturated heterocycles. The Bertz CT molecular complexity index is 694. The number of para-hydroxylation sites is 2. The van der Waals surface area contributed by atoms with Crippen molar-refractivity contribution in [3.05, 3.63) is 60.2 Å². The van der Waals surface area contributed by atoms with Crippen LogP contribution in [0, 0.1) is 5.92 Å². The van der Waals surface area contributed by atoms with Crippen LogP contribution in [0.5, 0.6) is 0 Å². The molecule has 0 fully saturated rings. The largest absolute Gasteiger partial charge is 0.302 e. The van der Waals surface area contributed by atoms with Crippen molar-refractivity contribution in [2.75, 3.05) is 4.90 Å². The van der Waals surface area contributed by atoms with Gasteiger partial charge in [0.05, 0.1) is 5.69 Å². The van der Waals surface area contributed by atoms with E-state index in [-0.39, 0.29) is 0 Å². The van der Waals surface area contributed by atoms with E-state index in [1.54, 1.807) is 48.5 Å². The first kappa shape index (κ1) is 12.3. The molecular formula is C16H11NO3. The number of carbonyl (C=O) groups is 3. The van der Waals surface area contributed by atoms with Crippen molar-refractivity contribution in [1.82, 2.24) is 0 Å². The maximum Gasteiger partial charge on any atom is 0.249 e. The van der Waals surface area contributed by atoms with E-state index in [1.807, 2.05) is 6.07 Å². The molecule has 1 unspecified atom stereocenters. The smallest absolute Gasteiger partial charge is 0.249 e. The third-order valence-corrected chi connectivity index (χ3v) is 3.33. The van der Waals surface area contributed by atoms with E-state index >= 15 is 0 Å². The minimum absolute atomic E-state index is 0.396. The number of Topliss-reactive ketones (excluding diaryl/α,β-unsaturated/α-hetero) is 1. The van der Waals surface area contributed by atoms with Gasteiger partial charge in [0.15, 0.2) is 11.7 Å². The zero-order valence-corrected chi connectivity index (χ0v) is 10.5. The Balaban J connectivity index is 2.23. The van der Waals surface area contributed by atoms with Gasteiger partial charge < -0.3 is 4.79 Å². The molecule has 4 nitrogen and oxygen atoms in total. The molecule has 98 valence electrons. The molecule has 4 heteroatoms. The predicted molar refractivity (Wildman–Crippen MR) is 73.9 cm³/mol. The summed E-state index contributed by atoms with van der Waals surface area (Å²) >= 11 is 0. The number of carbonyl (C=O) groups excluding carboxylic acids is 3. The van der Waals surface area contributed by atoms with E-state index in [4.69, 9.17) is 0 Å². The Kier molecular flexibility index (Phi) is 2.91. The van der Waals surface area contributed by atoms with Crippen LogP contribution in [0.15, 0.2) is 54.6 Å². The monoisotopic (exact) mass is 265 g/mol. The quantitative estimate of drug-likeness (QED) is 0.618. The Morgan fingerprint density at radius 3 is 2.25 bits per heavy atom. The SMILES string of the molecule is O=CC1C(=O)c2ccccc2N(c2ccccc2)C1=O. The molecule has 1 aliphatic heterocycles. The lowest BCUT2D eigenvalue weighted by molar-refractivity contribution is -0.124. The number of amides is 1. The van der Waals surface area contributed by atoms with Crippen LogP contribution in [0.1, 0.15) is 10.4 Å². The van der Waals surface area contributed by atoms with Gasteiger partial charge in [0, 0.05) is 11.3 Å². The molecule has 1 amide bonds. The van der Waals surface area contributed by atoms with Gasteiger partial charge in [-0.25, -0.2) is 0 Å². The number of anilines is 2. The van der Waals surface area contributed by atoms with Gasteiger partial charge in [-0.15, -0.1) is 0 Å². The van der Waals surface area contributed by atoms with Crippen molar-refractivity contribution in [2.24, 2.45) is 5.92 Å². The van der Waals surface area contributed by atoms with Crippen LogP contribution in [0.4, 0.5) is 11.4 Å². The number of fused-ring (bicyclic) bond motifs is 1. The van der Waals surface area contributed by atoms with Gasteiger partial charge in [-0.05, 0) is 24.3 Å². The van der Waals surface area contributed by atoms with E-state index < -0.39 is 17.6 Å². The molecule has 1 atom stereocenters. The molecule has 0 aromatic heterocycles. The summed E-state index contributed by atoms with van der Waals surface area (Å²) in [4.78, 5) is 37.1. The van der Waals surface area contributed by atoms with Crippen LogP contribution < -0.4 is 4.90 Å². The lowest BCUT2D eigenvalue weighted by atomic mass is 9.91. The van der Waals surface area contributed by atoms with Crippen molar-refractivity contribution in [3.63, 3.8) is 0 Å². The van der Waals surface area contributed by atoms with Crippen molar-refractivity contribution < 1.29 is 14.4 Å². The highest BCUT2D eigenvalue weighted by Gasteiger charge is 2.39. The maximum atomic E-state index is 12.4. The first-order valence-electron chi connectivity index (χ1n) is 6.21. The molecule has 1 heterocycles. The molecule has 0 spiro atoms. The van der Waals surface area contributed by atoms with E-state index in [9.17, 15) is 14.4 Å². The Morgan fingerprint density at radius 2 is 1.55 bits per heavy atom. The first-order valence-corrected chi connectivity index (χ1v) is 6.21. The van der Waals surface area contributed by atoms with Crippen molar-refractivity contribution in [2.45, 2.75) is 0 Å². The summed E-state index contributed by atoms with van der Waals surface area (Å²) in [5.74, 6) is -2.20. The highest BCUT2D eigenvalue weighted by Crippen LogP contribution is 2.35. The van der Waals surface area contributed by atoms with Crippen LogP contribution in [0.25, 0.3) is 0 Å². The van der Waals surface area contributed by atoms with Crippen LogP contribution in [0.2, 0.25) is 0 Å². The fourth-order valence-electron chi connectivity index (χ4n) is 2.38. The zero-order chi connectivity index (χ0) is 14.1. The maximum absolute atomic E-state index is 12.4. The fourth-order valence-corrected chi connectivity index (χ4v) is 2.38. The Hall–Kier alpha value is -2.75. The van der Waals surface area contributed by atoms with E-state index in [1.165, 1.54) is 4.90 Å². The second kappa shape index (κ2) is 4.74. The van der Waals surface area contributed by atoms with Gasteiger partial charge in [0.25, 0.3) is 0 Å². The van der Waals surface area contributed by atoms with E-state index in [0.29, 0.717) is 23.2 Å². The third kappa shape index (κ3) is 1.73. The molecule has 2 aromatic rings. The van der Waals surface area contributed by atoms with Crippen molar-refractivity contribution >= 4 is 29.4 Å². The number of rotatable bonds is 2. The van der Waals surface area contributed by atoms with Crippen LogP contribution >= 0.6 is 0 Å². The summed E-state index contributed by atoms with van der Waals surface area (Å²) in [6, 6.07) is 15.8. The first-order chi connectivity index (χ1) is 9.74. The van der Waals surface area contributed by atoms with Crippen molar-refractivity contribution in [1.29, 1.82) is 0 Å². The summed E-state index contributed by atoms with van der Waals surface area (Å²) in [6.07, 6.45) is 0.413. The number of nitrogens with zero attached hydrogens (tertiary/aromatic N) is 1. The Morgan fingerprint density at radius 1 is 0.900 bits per heavy atom. The molecule has 2 aromatic carbocycles. The van der Waals surface area contributed by atoms with Crippen LogP contribution in [-0.2, 0) is 9.59 Å². The summed E-state index contributed by atoms with van der Waals surface area (Å²) in [5.41, 5.74) is 1.56. The van der Waals surface area contributed by atoms with Crippen molar-refractivity contribution in [3.8, 4) is 0 Å².